The lowest BCUT2D eigenvalue weighted by Crippen LogP contribution is -2.55. The molecular formula is C48H75N3O21. The number of esters is 3. The van der Waals surface area contributed by atoms with Crippen molar-refractivity contribution in [2.24, 2.45) is 16.2 Å². The molecule has 0 bridgehead atoms. The fourth-order valence-electron chi connectivity index (χ4n) is 7.50. The van der Waals surface area contributed by atoms with Gasteiger partial charge in [0.1, 0.15) is 56.4 Å². The van der Waals surface area contributed by atoms with Gasteiger partial charge in [-0.25, -0.2) is 28.1 Å². The van der Waals surface area contributed by atoms with Crippen molar-refractivity contribution in [1.82, 2.24) is 13.7 Å². The van der Waals surface area contributed by atoms with Crippen molar-refractivity contribution in [2.45, 2.75) is 116 Å². The van der Waals surface area contributed by atoms with Gasteiger partial charge in [0.05, 0.1) is 154 Å². The first-order valence-corrected chi connectivity index (χ1v) is 25.4. The van der Waals surface area contributed by atoms with E-state index < -0.39 is 90.1 Å². The fourth-order valence-corrected chi connectivity index (χ4v) is 7.50. The van der Waals surface area contributed by atoms with Crippen LogP contribution in [0.25, 0.3) is 0 Å². The van der Waals surface area contributed by atoms with E-state index in [9.17, 15) is 28.8 Å². The van der Waals surface area contributed by atoms with Crippen molar-refractivity contribution in [1.29, 1.82) is 0 Å². The highest BCUT2D eigenvalue weighted by molar-refractivity contribution is 5.70. The minimum absolute atomic E-state index is 0.0245. The quantitative estimate of drug-likeness (QED) is 0.0460. The van der Waals surface area contributed by atoms with E-state index in [1.54, 1.807) is 0 Å². The van der Waals surface area contributed by atoms with Crippen molar-refractivity contribution in [3.8, 4) is 0 Å². The molecule has 7 rings (SSSR count). The molecule has 6 aliphatic heterocycles. The second-order valence-corrected chi connectivity index (χ2v) is 19.9. The van der Waals surface area contributed by atoms with Crippen LogP contribution in [0, 0.1) is 16.2 Å². The molecular weight excluding hydrogens is 955 g/mol. The van der Waals surface area contributed by atoms with Crippen LogP contribution in [0.15, 0.2) is 14.4 Å². The number of epoxide rings is 6. The van der Waals surface area contributed by atoms with Crippen LogP contribution < -0.4 is 17.1 Å². The second-order valence-electron chi connectivity index (χ2n) is 19.9. The maximum atomic E-state index is 14.0. The van der Waals surface area contributed by atoms with Gasteiger partial charge in [0.25, 0.3) is 0 Å². The zero-order chi connectivity index (χ0) is 51.0. The van der Waals surface area contributed by atoms with Crippen LogP contribution in [-0.4, -0.2) is 207 Å². The third-order valence-corrected chi connectivity index (χ3v) is 13.6. The number of nitrogens with zero attached hydrogens (tertiary/aromatic N) is 3. The molecule has 24 heteroatoms. The summed E-state index contributed by atoms with van der Waals surface area (Å²) in [5.41, 5.74) is -5.30. The van der Waals surface area contributed by atoms with Crippen LogP contribution >= 0.6 is 0 Å². The first kappa shape index (κ1) is 56.1. The van der Waals surface area contributed by atoms with E-state index >= 15 is 0 Å². The van der Waals surface area contributed by atoms with E-state index in [4.69, 9.17) is 71.1 Å². The van der Waals surface area contributed by atoms with E-state index in [0.717, 1.165) is 13.7 Å². The molecule has 6 atom stereocenters. The highest BCUT2D eigenvalue weighted by Crippen LogP contribution is 2.29. The predicted molar refractivity (Wildman–Crippen MR) is 247 cm³/mol. The van der Waals surface area contributed by atoms with Crippen LogP contribution in [0.3, 0.4) is 0 Å². The number of rotatable bonds is 42. The van der Waals surface area contributed by atoms with Gasteiger partial charge in [-0.1, -0.05) is 20.8 Å². The molecule has 6 unspecified atom stereocenters. The molecule has 6 aliphatic rings. The lowest BCUT2D eigenvalue weighted by Gasteiger charge is -2.31. The molecule has 0 radical (unpaired) electrons. The zero-order valence-corrected chi connectivity index (χ0v) is 42.1. The van der Waals surface area contributed by atoms with Gasteiger partial charge in [0.15, 0.2) is 0 Å². The number of aromatic nitrogens is 3. The summed E-state index contributed by atoms with van der Waals surface area (Å²) in [5.74, 6) is -2.18. The molecule has 24 nitrogen and oxygen atoms in total. The SMILES string of the molecule is CCC(COCC1CO1)(COCC1CO1)COC(=O)CCn1c(=O)n(CCC(=O)OCC(CC)(COCC2CO2)COCC2CO2)c(=O)n(CCC(=O)OCC(CC)(COCC2CO2)COCC2CO2)c1=O. The van der Waals surface area contributed by atoms with Gasteiger partial charge in [-0.15, -0.1) is 0 Å². The molecule has 0 N–H and O–H groups in total. The van der Waals surface area contributed by atoms with E-state index in [-0.39, 0.29) is 96.1 Å². The summed E-state index contributed by atoms with van der Waals surface area (Å²) >= 11 is 0. The monoisotopic (exact) mass is 1030 g/mol. The Bertz CT molecular complexity index is 1760. The molecule has 7 heterocycles. The Labute approximate surface area is 418 Å². The summed E-state index contributed by atoms with van der Waals surface area (Å²) in [5, 5.41) is 0. The second kappa shape index (κ2) is 27.2. The van der Waals surface area contributed by atoms with E-state index in [0.29, 0.717) is 98.5 Å². The maximum Gasteiger partial charge on any atom is 0.336 e. The molecule has 0 aliphatic carbocycles. The first-order valence-electron chi connectivity index (χ1n) is 25.4. The highest BCUT2D eigenvalue weighted by atomic mass is 16.6. The number of ether oxygens (including phenoxy) is 15. The zero-order valence-electron chi connectivity index (χ0n) is 42.1. The van der Waals surface area contributed by atoms with Gasteiger partial charge in [-0.2, -0.15) is 0 Å². The molecule has 1 aromatic rings. The van der Waals surface area contributed by atoms with Crippen LogP contribution in [0.5, 0.6) is 0 Å². The largest absolute Gasteiger partial charge is 0.465 e. The van der Waals surface area contributed by atoms with Crippen molar-refractivity contribution in [2.75, 3.05) is 139 Å². The molecule has 0 aromatic carbocycles. The summed E-state index contributed by atoms with van der Waals surface area (Å²) in [6.07, 6.45) is 0.461. The van der Waals surface area contributed by atoms with Crippen LogP contribution in [0.4, 0.5) is 0 Å². The Kier molecular flexibility index (Phi) is 21.2. The Balaban J connectivity index is 1.01. The smallest absolute Gasteiger partial charge is 0.336 e. The first-order chi connectivity index (χ1) is 34.9. The van der Waals surface area contributed by atoms with Crippen LogP contribution in [0.2, 0.25) is 0 Å². The van der Waals surface area contributed by atoms with Gasteiger partial charge < -0.3 is 71.1 Å². The Morgan fingerprint density at radius 1 is 0.389 bits per heavy atom. The van der Waals surface area contributed by atoms with Crippen molar-refractivity contribution >= 4 is 17.9 Å². The molecule has 1 aromatic heterocycles. The Hall–Kier alpha value is -3.66. The lowest BCUT2D eigenvalue weighted by atomic mass is 9.88. The average Bonchev–Trinajstić information content (AvgIpc) is 4.15. The lowest BCUT2D eigenvalue weighted by molar-refractivity contribution is -0.153. The third kappa shape index (κ3) is 18.9. The van der Waals surface area contributed by atoms with Crippen molar-refractivity contribution < 1.29 is 85.4 Å². The standard InChI is InChI=1S/C48H75N3O21/c1-4-46(25-58-13-34-19-64-34,26-59-14-35-20-65-35)31-70-40(52)7-10-49-43(55)50(11-8-41(53)71-32-47(5-2,27-60-15-36-21-66-36)28-61-16-37-22-67-37)45(57)51(44(49)56)12-9-42(54)72-33-48(6-3,29-62-17-38-23-68-38)30-63-18-39-24-69-39/h34-39H,4-33H2,1-3H3. The van der Waals surface area contributed by atoms with Crippen molar-refractivity contribution in [3.05, 3.63) is 31.5 Å². The Morgan fingerprint density at radius 2 is 0.583 bits per heavy atom. The third-order valence-electron chi connectivity index (χ3n) is 13.6. The summed E-state index contributed by atoms with van der Waals surface area (Å²) in [6, 6.07) is 0. The molecule has 72 heavy (non-hydrogen) atoms. The molecule has 0 amide bonds. The van der Waals surface area contributed by atoms with E-state index in [1.165, 1.54) is 0 Å². The van der Waals surface area contributed by atoms with Gasteiger partial charge >= 0.3 is 35.0 Å². The topological polar surface area (TPSA) is 275 Å². The van der Waals surface area contributed by atoms with E-state index in [1.807, 2.05) is 20.8 Å². The normalized spacial score (nSPS) is 24.9. The minimum atomic E-state index is -1.06. The molecule has 6 fully saturated rings. The highest BCUT2D eigenvalue weighted by Gasteiger charge is 2.38. The molecule has 408 valence electrons. The fraction of sp³-hybridized carbons (Fsp3) is 0.875. The summed E-state index contributed by atoms with van der Waals surface area (Å²) in [4.78, 5) is 82.3. The number of carbonyl (C=O) groups is 3. The molecule has 0 saturated carbocycles. The number of hydrogen-bond donors (Lipinski definition) is 0. The Morgan fingerprint density at radius 3 is 0.750 bits per heavy atom. The molecule has 0 spiro atoms. The summed E-state index contributed by atoms with van der Waals surface area (Å²) in [7, 11) is 0. The molecule has 6 saturated heterocycles. The number of hydrogen-bond acceptors (Lipinski definition) is 21. The van der Waals surface area contributed by atoms with Gasteiger partial charge in [-0.3, -0.25) is 14.4 Å². The van der Waals surface area contributed by atoms with Crippen LogP contribution in [-0.2, 0) is 105 Å². The van der Waals surface area contributed by atoms with Gasteiger partial charge in [-0.05, 0) is 19.3 Å². The van der Waals surface area contributed by atoms with Crippen molar-refractivity contribution in [3.63, 3.8) is 0 Å². The van der Waals surface area contributed by atoms with Gasteiger partial charge in [0, 0.05) is 19.6 Å². The predicted octanol–water partition coefficient (Wildman–Crippen LogP) is -0.347. The minimum Gasteiger partial charge on any atom is -0.465 e. The van der Waals surface area contributed by atoms with Crippen LogP contribution in [0.1, 0.15) is 59.3 Å². The average molecular weight is 1030 g/mol. The summed E-state index contributed by atoms with van der Waals surface area (Å²) in [6.45, 7) is 11.5. The summed E-state index contributed by atoms with van der Waals surface area (Å²) < 4.78 is 86.5. The number of carbonyl (C=O) groups excluding carboxylic acids is 3. The van der Waals surface area contributed by atoms with Gasteiger partial charge in [0.2, 0.25) is 0 Å². The van der Waals surface area contributed by atoms with E-state index in [2.05, 4.69) is 0 Å². The maximum absolute atomic E-state index is 14.0.